The summed E-state index contributed by atoms with van der Waals surface area (Å²) in [4.78, 5) is 31.6. The van der Waals surface area contributed by atoms with Crippen molar-refractivity contribution in [1.29, 1.82) is 0 Å². The molecule has 1 atom stereocenters. The molecule has 1 aliphatic heterocycles. The molecule has 15 heavy (non-hydrogen) atoms. The monoisotopic (exact) mass is 217 g/mol. The first kappa shape index (κ1) is 11.3. The molecule has 1 rings (SSSR count). The van der Waals surface area contributed by atoms with Crippen molar-refractivity contribution >= 4 is 18.0 Å². The highest BCUT2D eigenvalue weighted by molar-refractivity contribution is 5.76. The predicted octanol–water partition coefficient (Wildman–Crippen LogP) is -0.497. The van der Waals surface area contributed by atoms with Gasteiger partial charge < -0.3 is 19.9 Å². The molecule has 0 aliphatic carbocycles. The number of hydrogen-bond donors (Lipinski definition) is 2. The number of alkyl carbamates (subject to hydrolysis) is 1. The average Bonchev–Trinajstić information content (AvgIpc) is 2.58. The van der Waals surface area contributed by atoms with Crippen LogP contribution in [0.4, 0.5) is 4.79 Å². The van der Waals surface area contributed by atoms with Gasteiger partial charge in [-0.15, -0.1) is 0 Å². The smallest absolute Gasteiger partial charge is 0.407 e. The van der Waals surface area contributed by atoms with E-state index in [1.807, 2.05) is 0 Å². The number of aliphatic carboxylic acids is 1. The molecule has 1 amide bonds. The molecule has 0 saturated carbocycles. The molecule has 2 N–H and O–H groups in total. The summed E-state index contributed by atoms with van der Waals surface area (Å²) in [5.74, 6) is -1.67. The van der Waals surface area contributed by atoms with Crippen molar-refractivity contribution < 1.29 is 29.0 Å². The molecule has 1 heterocycles. The molecule has 0 spiro atoms. The van der Waals surface area contributed by atoms with Gasteiger partial charge in [0.05, 0.1) is 19.4 Å². The minimum absolute atomic E-state index is 0.0445. The maximum atomic E-state index is 10.9. The fourth-order valence-electron chi connectivity index (χ4n) is 0.992. The zero-order valence-corrected chi connectivity index (χ0v) is 7.89. The Hall–Kier alpha value is -1.79. The van der Waals surface area contributed by atoms with Crippen LogP contribution in [0.3, 0.4) is 0 Å². The van der Waals surface area contributed by atoms with E-state index in [0.29, 0.717) is 6.54 Å². The van der Waals surface area contributed by atoms with Crippen molar-refractivity contribution in [3.05, 3.63) is 0 Å². The normalized spacial score (nSPS) is 19.2. The summed E-state index contributed by atoms with van der Waals surface area (Å²) in [5, 5.41) is 10.7. The second kappa shape index (κ2) is 5.18. The fourth-order valence-corrected chi connectivity index (χ4v) is 0.992. The summed E-state index contributed by atoms with van der Waals surface area (Å²) in [7, 11) is 0. The Morgan fingerprint density at radius 3 is 2.80 bits per heavy atom. The Morgan fingerprint density at radius 1 is 1.53 bits per heavy atom. The highest BCUT2D eigenvalue weighted by atomic mass is 16.6. The fraction of sp³-hybridized carbons (Fsp3) is 0.625. The molecule has 0 aromatic rings. The van der Waals surface area contributed by atoms with Crippen molar-refractivity contribution in [3.63, 3.8) is 0 Å². The van der Waals surface area contributed by atoms with E-state index in [-0.39, 0.29) is 19.4 Å². The van der Waals surface area contributed by atoms with Crippen molar-refractivity contribution in [2.75, 3.05) is 13.2 Å². The zero-order valence-electron chi connectivity index (χ0n) is 7.89. The van der Waals surface area contributed by atoms with Crippen LogP contribution in [0.15, 0.2) is 0 Å². The number of nitrogens with one attached hydrogen (secondary N) is 1. The van der Waals surface area contributed by atoms with Gasteiger partial charge in [0, 0.05) is 0 Å². The van der Waals surface area contributed by atoms with Crippen LogP contribution in [0.5, 0.6) is 0 Å². The summed E-state index contributed by atoms with van der Waals surface area (Å²) in [5.41, 5.74) is 0. The first-order valence-corrected chi connectivity index (χ1v) is 4.40. The maximum absolute atomic E-state index is 10.9. The highest BCUT2D eigenvalue weighted by Gasteiger charge is 2.23. The molecular formula is C8H11NO6. The summed E-state index contributed by atoms with van der Waals surface area (Å²) >= 11 is 0. The van der Waals surface area contributed by atoms with Crippen LogP contribution in [0, 0.1) is 0 Å². The second-order valence-corrected chi connectivity index (χ2v) is 2.98. The molecule has 1 fully saturated rings. The number of esters is 1. The second-order valence-electron chi connectivity index (χ2n) is 2.98. The molecule has 0 bridgehead atoms. The Morgan fingerprint density at radius 2 is 2.27 bits per heavy atom. The Bertz CT molecular complexity index is 276. The number of cyclic esters (lactones) is 1. The summed E-state index contributed by atoms with van der Waals surface area (Å²) in [6.45, 7) is 0.252. The summed E-state index contributed by atoms with van der Waals surface area (Å²) < 4.78 is 9.40. The van der Waals surface area contributed by atoms with E-state index in [1.165, 1.54) is 0 Å². The number of carbonyl (C=O) groups excluding carboxylic acids is 2. The minimum atomic E-state index is -1.05. The Labute approximate surface area is 85.3 Å². The molecule has 0 radical (unpaired) electrons. The number of ether oxygens (including phenoxy) is 2. The van der Waals surface area contributed by atoms with E-state index < -0.39 is 24.1 Å². The molecule has 0 unspecified atom stereocenters. The lowest BCUT2D eigenvalue weighted by atomic mass is 10.3. The quantitative estimate of drug-likeness (QED) is 0.602. The van der Waals surface area contributed by atoms with Gasteiger partial charge in [-0.25, -0.2) is 4.79 Å². The Balaban J connectivity index is 2.11. The molecule has 1 saturated heterocycles. The Kier molecular flexibility index (Phi) is 3.90. The number of carboxylic acid groups (broad SMARTS) is 1. The maximum Gasteiger partial charge on any atom is 0.407 e. The lowest BCUT2D eigenvalue weighted by Crippen LogP contribution is -2.22. The van der Waals surface area contributed by atoms with E-state index in [0.717, 1.165) is 0 Å². The van der Waals surface area contributed by atoms with Gasteiger partial charge >= 0.3 is 18.0 Å². The lowest BCUT2D eigenvalue weighted by molar-refractivity contribution is -0.149. The van der Waals surface area contributed by atoms with Gasteiger partial charge in [0.1, 0.15) is 6.61 Å². The van der Waals surface area contributed by atoms with Gasteiger partial charge in [-0.3, -0.25) is 9.59 Å². The molecule has 7 heteroatoms. The molecule has 1 aliphatic rings. The van der Waals surface area contributed by atoms with E-state index >= 15 is 0 Å². The van der Waals surface area contributed by atoms with Gasteiger partial charge in [0.2, 0.25) is 0 Å². The van der Waals surface area contributed by atoms with E-state index in [1.54, 1.807) is 0 Å². The van der Waals surface area contributed by atoms with Crippen LogP contribution >= 0.6 is 0 Å². The molecule has 84 valence electrons. The van der Waals surface area contributed by atoms with Gasteiger partial charge in [0.15, 0.2) is 6.10 Å². The number of amides is 1. The summed E-state index contributed by atoms with van der Waals surface area (Å²) in [6.07, 6.45) is -1.46. The number of rotatable bonds is 5. The van der Waals surface area contributed by atoms with Crippen LogP contribution < -0.4 is 5.32 Å². The largest absolute Gasteiger partial charge is 0.481 e. The number of carboxylic acids is 1. The van der Waals surface area contributed by atoms with Crippen molar-refractivity contribution in [1.82, 2.24) is 5.32 Å². The average molecular weight is 217 g/mol. The van der Waals surface area contributed by atoms with E-state index in [9.17, 15) is 14.4 Å². The molecule has 0 aromatic carbocycles. The summed E-state index contributed by atoms with van der Waals surface area (Å²) in [6, 6.07) is 0. The first-order chi connectivity index (χ1) is 7.08. The van der Waals surface area contributed by atoms with E-state index in [4.69, 9.17) is 14.6 Å². The van der Waals surface area contributed by atoms with Crippen molar-refractivity contribution in [2.24, 2.45) is 0 Å². The van der Waals surface area contributed by atoms with Crippen molar-refractivity contribution in [3.8, 4) is 0 Å². The SMILES string of the molecule is O=C(O)CCC(=O)OC[C@H]1CNC(=O)O1. The lowest BCUT2D eigenvalue weighted by Gasteiger charge is -2.07. The predicted molar refractivity (Wildman–Crippen MR) is 46.1 cm³/mol. The third-order valence-corrected chi connectivity index (χ3v) is 1.72. The van der Waals surface area contributed by atoms with E-state index in [2.05, 4.69) is 5.32 Å². The number of hydrogen-bond acceptors (Lipinski definition) is 5. The zero-order chi connectivity index (χ0) is 11.3. The van der Waals surface area contributed by atoms with Gasteiger partial charge in [0.25, 0.3) is 0 Å². The van der Waals surface area contributed by atoms with Gasteiger partial charge in [-0.1, -0.05) is 0 Å². The molecule has 7 nitrogen and oxygen atoms in total. The van der Waals surface area contributed by atoms with Crippen molar-refractivity contribution in [2.45, 2.75) is 18.9 Å². The molecular weight excluding hydrogens is 206 g/mol. The molecule has 0 aromatic heterocycles. The number of carbonyl (C=O) groups is 3. The van der Waals surface area contributed by atoms with Gasteiger partial charge in [-0.2, -0.15) is 0 Å². The highest BCUT2D eigenvalue weighted by Crippen LogP contribution is 2.02. The van der Waals surface area contributed by atoms with Crippen LogP contribution in [0.25, 0.3) is 0 Å². The standard InChI is InChI=1S/C8H11NO6/c10-6(11)1-2-7(12)14-4-5-3-9-8(13)15-5/h5H,1-4H2,(H,9,13)(H,10,11)/t5-/m1/s1. The topological polar surface area (TPSA) is 102 Å². The first-order valence-electron chi connectivity index (χ1n) is 4.40. The minimum Gasteiger partial charge on any atom is -0.481 e. The third-order valence-electron chi connectivity index (χ3n) is 1.72. The third kappa shape index (κ3) is 4.30. The van der Waals surface area contributed by atoms with Crippen LogP contribution in [-0.2, 0) is 19.1 Å². The van der Waals surface area contributed by atoms with Gasteiger partial charge in [-0.05, 0) is 0 Å². The van der Waals surface area contributed by atoms with Crippen LogP contribution in [-0.4, -0.2) is 42.4 Å². The van der Waals surface area contributed by atoms with Crippen LogP contribution in [0.2, 0.25) is 0 Å². The van der Waals surface area contributed by atoms with Crippen LogP contribution in [0.1, 0.15) is 12.8 Å².